The lowest BCUT2D eigenvalue weighted by atomic mass is 10.2. The normalized spacial score (nSPS) is 25.8. The molecule has 2 atom stereocenters. The molecule has 0 unspecified atom stereocenters. The van der Waals surface area contributed by atoms with E-state index in [1.54, 1.807) is 6.08 Å². The molecule has 0 amide bonds. The van der Waals surface area contributed by atoms with Crippen molar-refractivity contribution in [2.24, 2.45) is 0 Å². The lowest BCUT2D eigenvalue weighted by molar-refractivity contribution is -0.155. The second-order valence-corrected chi connectivity index (χ2v) is 4.07. The first-order chi connectivity index (χ1) is 7.20. The molecule has 0 fully saturated rings. The highest BCUT2D eigenvalue weighted by molar-refractivity contribution is 14.1. The van der Waals surface area contributed by atoms with E-state index in [9.17, 15) is 4.79 Å². The van der Waals surface area contributed by atoms with Gasteiger partial charge in [-0.1, -0.05) is 0 Å². The van der Waals surface area contributed by atoms with Gasteiger partial charge < -0.3 is 18.9 Å². The molecule has 86 valence electrons. The van der Waals surface area contributed by atoms with Crippen LogP contribution in [0.5, 0.6) is 0 Å². The minimum atomic E-state index is -0.619. The monoisotopic (exact) mass is 328 g/mol. The average Bonchev–Trinajstić information content (AvgIpc) is 2.50. The molecule has 0 aromatic heterocycles. The summed E-state index contributed by atoms with van der Waals surface area (Å²) in [6.07, 6.45) is 0.717. The van der Waals surface area contributed by atoms with Gasteiger partial charge in [-0.25, -0.2) is 0 Å². The van der Waals surface area contributed by atoms with Crippen LogP contribution >= 0.6 is 22.6 Å². The van der Waals surface area contributed by atoms with Crippen LogP contribution in [-0.4, -0.2) is 45.8 Å². The van der Waals surface area contributed by atoms with Gasteiger partial charge in [0.2, 0.25) is 5.78 Å². The lowest BCUT2D eigenvalue weighted by Crippen LogP contribution is -2.33. The zero-order valence-electron chi connectivity index (χ0n) is 8.57. The van der Waals surface area contributed by atoms with E-state index in [4.69, 9.17) is 18.9 Å². The molecule has 6 heteroatoms. The summed E-state index contributed by atoms with van der Waals surface area (Å²) >= 11 is 1.96. The standard InChI is InChI=1S/C9H13IO5/c1-12-4-14-7-3-6(10)8(11)9(7)15-5-13-2/h3,7,9H,4-5H2,1-2H3/t7-,9+/m0/s1. The van der Waals surface area contributed by atoms with Crippen molar-refractivity contribution in [1.29, 1.82) is 0 Å². The van der Waals surface area contributed by atoms with Gasteiger partial charge in [0.25, 0.3) is 0 Å². The first-order valence-corrected chi connectivity index (χ1v) is 5.41. The summed E-state index contributed by atoms with van der Waals surface area (Å²) in [5, 5.41) is 0. The van der Waals surface area contributed by atoms with Gasteiger partial charge in [-0.15, -0.1) is 0 Å². The fourth-order valence-corrected chi connectivity index (χ4v) is 1.85. The van der Waals surface area contributed by atoms with Gasteiger partial charge in [0.1, 0.15) is 19.7 Å². The summed E-state index contributed by atoms with van der Waals surface area (Å²) < 4.78 is 20.7. The number of carbonyl (C=O) groups is 1. The Hall–Kier alpha value is -0.0200. The summed E-state index contributed by atoms with van der Waals surface area (Å²) in [6.45, 7) is 0.201. The molecule has 0 heterocycles. The van der Waals surface area contributed by atoms with Crippen molar-refractivity contribution in [3.8, 4) is 0 Å². The minimum absolute atomic E-state index is 0.0704. The van der Waals surface area contributed by atoms with E-state index >= 15 is 0 Å². The molecule has 0 aromatic carbocycles. The highest BCUT2D eigenvalue weighted by atomic mass is 127. The summed E-state index contributed by atoms with van der Waals surface area (Å²) in [5.41, 5.74) is 0. The number of hydrogen-bond donors (Lipinski definition) is 0. The maximum Gasteiger partial charge on any atom is 0.200 e. The Labute approximate surface area is 102 Å². The van der Waals surface area contributed by atoms with Crippen LogP contribution in [0.2, 0.25) is 0 Å². The SMILES string of the molecule is COCO[C@H]1C=C(I)C(=O)[C@@H]1OCOC. The molecule has 0 saturated heterocycles. The second kappa shape index (κ2) is 6.54. The molecular formula is C9H13IO5. The Morgan fingerprint density at radius 1 is 1.27 bits per heavy atom. The Balaban J connectivity index is 2.53. The molecule has 0 radical (unpaired) electrons. The number of ketones is 1. The number of methoxy groups -OCH3 is 2. The quantitative estimate of drug-likeness (QED) is 0.535. The molecule has 0 spiro atoms. The van der Waals surface area contributed by atoms with E-state index < -0.39 is 6.10 Å². The highest BCUT2D eigenvalue weighted by Gasteiger charge is 2.36. The third-order valence-electron chi connectivity index (χ3n) is 1.85. The van der Waals surface area contributed by atoms with Crippen molar-refractivity contribution in [1.82, 2.24) is 0 Å². The van der Waals surface area contributed by atoms with Crippen LogP contribution in [0.1, 0.15) is 0 Å². The van der Waals surface area contributed by atoms with Gasteiger partial charge >= 0.3 is 0 Å². The first-order valence-electron chi connectivity index (χ1n) is 4.33. The van der Waals surface area contributed by atoms with Crippen LogP contribution in [0.4, 0.5) is 0 Å². The summed E-state index contributed by atoms with van der Waals surface area (Å²) in [7, 11) is 3.03. The predicted octanol–water partition coefficient (Wildman–Crippen LogP) is 0.866. The molecule has 1 aliphatic carbocycles. The van der Waals surface area contributed by atoms with Gasteiger partial charge in [0, 0.05) is 14.2 Å². The van der Waals surface area contributed by atoms with Crippen LogP contribution in [0.25, 0.3) is 0 Å². The number of rotatable bonds is 6. The number of ether oxygens (including phenoxy) is 4. The maximum atomic E-state index is 11.6. The fourth-order valence-electron chi connectivity index (χ4n) is 1.19. The van der Waals surface area contributed by atoms with Gasteiger partial charge in [0.15, 0.2) is 6.10 Å². The van der Waals surface area contributed by atoms with E-state index in [0.29, 0.717) is 3.58 Å². The predicted molar refractivity (Wildman–Crippen MR) is 60.6 cm³/mol. The zero-order valence-corrected chi connectivity index (χ0v) is 10.7. The van der Waals surface area contributed by atoms with Crippen LogP contribution in [0.15, 0.2) is 9.66 Å². The fraction of sp³-hybridized carbons (Fsp3) is 0.667. The number of Topliss-reactive ketones (excluding diaryl/α,β-unsaturated/α-hetero) is 1. The van der Waals surface area contributed by atoms with Crippen molar-refractivity contribution in [2.75, 3.05) is 27.8 Å². The van der Waals surface area contributed by atoms with E-state index in [-0.39, 0.29) is 25.5 Å². The van der Waals surface area contributed by atoms with Gasteiger partial charge in [-0.05, 0) is 28.7 Å². The summed E-state index contributed by atoms with van der Waals surface area (Å²) in [4.78, 5) is 11.6. The molecule has 0 bridgehead atoms. The molecule has 1 rings (SSSR count). The van der Waals surface area contributed by atoms with Crippen LogP contribution in [0, 0.1) is 0 Å². The van der Waals surface area contributed by atoms with Crippen LogP contribution in [0.3, 0.4) is 0 Å². The Morgan fingerprint density at radius 2 is 1.87 bits per heavy atom. The lowest BCUT2D eigenvalue weighted by Gasteiger charge is -2.18. The molecule has 5 nitrogen and oxygen atoms in total. The number of carbonyl (C=O) groups excluding carboxylic acids is 1. The molecule has 0 aromatic rings. The van der Waals surface area contributed by atoms with E-state index in [1.807, 2.05) is 22.6 Å². The van der Waals surface area contributed by atoms with Gasteiger partial charge in [-0.3, -0.25) is 4.79 Å². The van der Waals surface area contributed by atoms with Gasteiger partial charge in [-0.2, -0.15) is 0 Å². The summed E-state index contributed by atoms with van der Waals surface area (Å²) in [5.74, 6) is -0.0752. The second-order valence-electron chi connectivity index (χ2n) is 2.91. The van der Waals surface area contributed by atoms with Crippen LogP contribution in [-0.2, 0) is 23.7 Å². The molecular weight excluding hydrogens is 315 g/mol. The molecule has 0 aliphatic heterocycles. The van der Waals surface area contributed by atoms with Crippen molar-refractivity contribution in [2.45, 2.75) is 12.2 Å². The van der Waals surface area contributed by atoms with E-state index in [1.165, 1.54) is 14.2 Å². The van der Waals surface area contributed by atoms with Gasteiger partial charge in [0.05, 0.1) is 3.58 Å². The Morgan fingerprint density at radius 3 is 2.47 bits per heavy atom. The average molecular weight is 328 g/mol. The first kappa shape index (κ1) is 13.0. The number of hydrogen-bond acceptors (Lipinski definition) is 5. The molecule has 1 aliphatic rings. The molecule has 0 N–H and O–H groups in total. The van der Waals surface area contributed by atoms with E-state index in [0.717, 1.165) is 0 Å². The molecule has 0 saturated carbocycles. The van der Waals surface area contributed by atoms with E-state index in [2.05, 4.69) is 0 Å². The van der Waals surface area contributed by atoms with Crippen molar-refractivity contribution < 1.29 is 23.7 Å². The smallest absolute Gasteiger partial charge is 0.200 e. The minimum Gasteiger partial charge on any atom is -0.359 e. The largest absolute Gasteiger partial charge is 0.359 e. The highest BCUT2D eigenvalue weighted by Crippen LogP contribution is 2.25. The van der Waals surface area contributed by atoms with Crippen molar-refractivity contribution in [3.05, 3.63) is 9.66 Å². The van der Waals surface area contributed by atoms with Crippen molar-refractivity contribution >= 4 is 28.4 Å². The Bertz CT molecular complexity index is 253. The topological polar surface area (TPSA) is 54.0 Å². The van der Waals surface area contributed by atoms with Crippen molar-refractivity contribution in [3.63, 3.8) is 0 Å². The molecule has 15 heavy (non-hydrogen) atoms. The zero-order chi connectivity index (χ0) is 11.3. The van der Waals surface area contributed by atoms with Crippen LogP contribution < -0.4 is 0 Å². The third-order valence-corrected chi connectivity index (χ3v) is 2.74. The Kier molecular flexibility index (Phi) is 5.69. The third kappa shape index (κ3) is 3.49. The number of halogens is 1. The maximum absolute atomic E-state index is 11.6. The summed E-state index contributed by atoms with van der Waals surface area (Å²) in [6, 6.07) is 0.